The Morgan fingerprint density at radius 2 is 1.67 bits per heavy atom. The zero-order valence-electron chi connectivity index (χ0n) is 16.8. The van der Waals surface area contributed by atoms with E-state index in [9.17, 15) is 13.2 Å². The molecule has 1 aromatic rings. The number of carbonyl (C=O) groups excluding carboxylic acids is 1. The van der Waals surface area contributed by atoms with E-state index in [0.717, 1.165) is 18.4 Å². The second kappa shape index (κ2) is 9.66. The number of rotatable bonds is 8. The molecule has 2 rings (SSSR count). The molecule has 1 fully saturated rings. The van der Waals surface area contributed by atoms with Gasteiger partial charge in [0.2, 0.25) is 10.0 Å². The quantitative estimate of drug-likeness (QED) is 0.634. The summed E-state index contributed by atoms with van der Waals surface area (Å²) in [6.45, 7) is 9.96. The van der Waals surface area contributed by atoms with Crippen LogP contribution >= 0.6 is 0 Å². The normalized spacial score (nSPS) is 17.3. The average Bonchev–Trinajstić information content (AvgIpc) is 2.67. The first-order valence-corrected chi connectivity index (χ1v) is 11.2. The zero-order chi connectivity index (χ0) is 20.0. The van der Waals surface area contributed by atoms with Gasteiger partial charge in [0, 0.05) is 32.8 Å². The van der Waals surface area contributed by atoms with E-state index in [2.05, 4.69) is 20.8 Å². The average molecular weight is 397 g/mol. The molecular weight excluding hydrogens is 364 g/mol. The summed E-state index contributed by atoms with van der Waals surface area (Å²) in [5.74, 6) is 0.294. The van der Waals surface area contributed by atoms with Crippen molar-refractivity contribution in [1.82, 2.24) is 9.21 Å². The third kappa shape index (κ3) is 5.53. The molecule has 1 heterocycles. The van der Waals surface area contributed by atoms with Crippen LogP contribution in [0.1, 0.15) is 52.0 Å². The highest BCUT2D eigenvalue weighted by Gasteiger charge is 2.31. The lowest BCUT2D eigenvalue weighted by atomic mass is 10.0. The van der Waals surface area contributed by atoms with Crippen molar-refractivity contribution in [3.05, 3.63) is 29.8 Å². The SMILES string of the molecule is CCCCOC(C)C(=O)N1CCN(S(=O)(=O)c2ccc(C(C)C)cc2)CC1. The number of ether oxygens (including phenoxy) is 1. The second-order valence-electron chi connectivity index (χ2n) is 7.32. The Morgan fingerprint density at radius 1 is 1.07 bits per heavy atom. The lowest BCUT2D eigenvalue weighted by Crippen LogP contribution is -2.52. The first-order valence-electron chi connectivity index (χ1n) is 9.77. The third-order valence-electron chi connectivity index (χ3n) is 4.95. The van der Waals surface area contributed by atoms with Crippen molar-refractivity contribution in [3.63, 3.8) is 0 Å². The number of benzene rings is 1. The van der Waals surface area contributed by atoms with Gasteiger partial charge in [-0.2, -0.15) is 4.31 Å². The molecule has 1 aromatic carbocycles. The largest absolute Gasteiger partial charge is 0.369 e. The molecule has 6 nitrogen and oxygen atoms in total. The van der Waals surface area contributed by atoms with Crippen LogP contribution in [0.3, 0.4) is 0 Å². The van der Waals surface area contributed by atoms with Crippen molar-refractivity contribution < 1.29 is 17.9 Å². The minimum atomic E-state index is -3.53. The van der Waals surface area contributed by atoms with Crippen molar-refractivity contribution in [3.8, 4) is 0 Å². The molecule has 7 heteroatoms. The molecule has 1 unspecified atom stereocenters. The Balaban J connectivity index is 1.94. The van der Waals surface area contributed by atoms with E-state index >= 15 is 0 Å². The van der Waals surface area contributed by atoms with Crippen LogP contribution in [0, 0.1) is 0 Å². The third-order valence-corrected chi connectivity index (χ3v) is 6.86. The monoisotopic (exact) mass is 396 g/mol. The van der Waals surface area contributed by atoms with Gasteiger partial charge in [0.1, 0.15) is 6.10 Å². The van der Waals surface area contributed by atoms with E-state index in [-0.39, 0.29) is 5.91 Å². The molecule has 0 saturated carbocycles. The first-order chi connectivity index (χ1) is 12.8. The van der Waals surface area contributed by atoms with Crippen LogP contribution in [0.25, 0.3) is 0 Å². The van der Waals surface area contributed by atoms with Gasteiger partial charge in [-0.25, -0.2) is 8.42 Å². The van der Waals surface area contributed by atoms with Crippen molar-refractivity contribution in [2.75, 3.05) is 32.8 Å². The van der Waals surface area contributed by atoms with E-state index in [4.69, 9.17) is 4.74 Å². The summed E-state index contributed by atoms with van der Waals surface area (Å²) in [5.41, 5.74) is 1.11. The van der Waals surface area contributed by atoms with Gasteiger partial charge in [-0.1, -0.05) is 39.3 Å². The van der Waals surface area contributed by atoms with Gasteiger partial charge in [0.05, 0.1) is 4.90 Å². The maximum Gasteiger partial charge on any atom is 0.251 e. The highest BCUT2D eigenvalue weighted by atomic mass is 32.2. The van der Waals surface area contributed by atoms with E-state index in [0.29, 0.717) is 43.6 Å². The number of carbonyl (C=O) groups is 1. The molecule has 0 bridgehead atoms. The summed E-state index contributed by atoms with van der Waals surface area (Å²) in [5, 5.41) is 0. The summed E-state index contributed by atoms with van der Waals surface area (Å²) in [6.07, 6.45) is 1.47. The predicted molar refractivity (Wildman–Crippen MR) is 106 cm³/mol. The van der Waals surface area contributed by atoms with Crippen LogP contribution in [0.4, 0.5) is 0 Å². The Hall–Kier alpha value is -1.44. The number of sulfonamides is 1. The number of unbranched alkanes of at least 4 members (excludes halogenated alkanes) is 1. The van der Waals surface area contributed by atoms with Crippen LogP contribution in [0.5, 0.6) is 0 Å². The summed E-state index contributed by atoms with van der Waals surface area (Å²) in [4.78, 5) is 14.5. The van der Waals surface area contributed by atoms with Gasteiger partial charge in [-0.15, -0.1) is 0 Å². The molecule has 1 atom stereocenters. The second-order valence-corrected chi connectivity index (χ2v) is 9.26. The molecule has 1 aliphatic rings. The van der Waals surface area contributed by atoms with Crippen molar-refractivity contribution >= 4 is 15.9 Å². The number of hydrogen-bond acceptors (Lipinski definition) is 4. The first kappa shape index (κ1) is 21.9. The van der Waals surface area contributed by atoms with Crippen LogP contribution in [0.15, 0.2) is 29.2 Å². The van der Waals surface area contributed by atoms with Gasteiger partial charge in [0.25, 0.3) is 5.91 Å². The van der Waals surface area contributed by atoms with E-state index in [1.165, 1.54) is 4.31 Å². The number of piperazine rings is 1. The lowest BCUT2D eigenvalue weighted by Gasteiger charge is -2.35. The summed E-state index contributed by atoms with van der Waals surface area (Å²) in [6, 6.07) is 7.08. The number of amides is 1. The van der Waals surface area contributed by atoms with Crippen molar-refractivity contribution in [1.29, 1.82) is 0 Å². The Morgan fingerprint density at radius 3 is 2.19 bits per heavy atom. The number of hydrogen-bond donors (Lipinski definition) is 0. The molecule has 152 valence electrons. The van der Waals surface area contributed by atoms with Crippen molar-refractivity contribution in [2.45, 2.75) is 57.5 Å². The van der Waals surface area contributed by atoms with Crippen LogP contribution in [0.2, 0.25) is 0 Å². The fourth-order valence-electron chi connectivity index (χ4n) is 3.06. The summed E-state index contributed by atoms with van der Waals surface area (Å²) < 4.78 is 32.7. The van der Waals surface area contributed by atoms with Crippen LogP contribution in [-0.2, 0) is 19.6 Å². The van der Waals surface area contributed by atoms with Gasteiger partial charge in [-0.3, -0.25) is 4.79 Å². The van der Waals surface area contributed by atoms with E-state index in [1.807, 2.05) is 12.1 Å². The fraction of sp³-hybridized carbons (Fsp3) is 0.650. The Kier molecular flexibility index (Phi) is 7.82. The van der Waals surface area contributed by atoms with Gasteiger partial charge in [0.15, 0.2) is 0 Å². The van der Waals surface area contributed by atoms with Crippen LogP contribution < -0.4 is 0 Å². The standard InChI is InChI=1S/C20H32N2O4S/c1-5-6-15-26-17(4)20(23)21-11-13-22(14-12-21)27(24,25)19-9-7-18(8-10-19)16(2)3/h7-10,16-17H,5-6,11-15H2,1-4H3. The molecule has 0 aromatic heterocycles. The molecule has 1 aliphatic heterocycles. The molecule has 0 N–H and O–H groups in total. The van der Waals surface area contributed by atoms with Crippen LogP contribution in [-0.4, -0.2) is 62.4 Å². The van der Waals surface area contributed by atoms with Gasteiger partial charge < -0.3 is 9.64 Å². The highest BCUT2D eigenvalue weighted by molar-refractivity contribution is 7.89. The number of nitrogens with zero attached hydrogens (tertiary/aromatic N) is 2. The van der Waals surface area contributed by atoms with Crippen molar-refractivity contribution in [2.24, 2.45) is 0 Å². The predicted octanol–water partition coefficient (Wildman–Crippen LogP) is 2.85. The summed E-state index contributed by atoms with van der Waals surface area (Å²) in [7, 11) is -3.53. The Bertz CT molecular complexity index is 708. The molecule has 27 heavy (non-hydrogen) atoms. The Labute approximate surface area is 163 Å². The lowest BCUT2D eigenvalue weighted by molar-refractivity contribution is -0.143. The maximum atomic E-state index is 12.9. The highest BCUT2D eigenvalue weighted by Crippen LogP contribution is 2.21. The smallest absolute Gasteiger partial charge is 0.251 e. The van der Waals surface area contributed by atoms with E-state index < -0.39 is 16.1 Å². The van der Waals surface area contributed by atoms with Gasteiger partial charge >= 0.3 is 0 Å². The fourth-order valence-corrected chi connectivity index (χ4v) is 4.48. The minimum Gasteiger partial charge on any atom is -0.369 e. The zero-order valence-corrected chi connectivity index (χ0v) is 17.7. The summed E-state index contributed by atoms with van der Waals surface area (Å²) >= 11 is 0. The molecule has 0 spiro atoms. The minimum absolute atomic E-state index is 0.0653. The topological polar surface area (TPSA) is 66.9 Å². The molecule has 0 radical (unpaired) electrons. The molecule has 1 amide bonds. The van der Waals surface area contributed by atoms with Gasteiger partial charge in [-0.05, 0) is 37.0 Å². The maximum absolute atomic E-state index is 12.9. The van der Waals surface area contributed by atoms with E-state index in [1.54, 1.807) is 24.0 Å². The molecule has 0 aliphatic carbocycles. The molecular formula is C20H32N2O4S. The molecule has 1 saturated heterocycles.